The molecule has 3 aromatic rings. The molecule has 2 aromatic heterocycles. The fourth-order valence-corrected chi connectivity index (χ4v) is 7.42. The summed E-state index contributed by atoms with van der Waals surface area (Å²) in [6.45, 7) is 2.56. The molecule has 4 aliphatic carbocycles. The zero-order valence-corrected chi connectivity index (χ0v) is 19.1. The van der Waals surface area contributed by atoms with Gasteiger partial charge < -0.3 is 10.3 Å². The van der Waals surface area contributed by atoms with E-state index in [1.165, 1.54) is 43.0 Å². The molecule has 2 N–H and O–H groups in total. The Morgan fingerprint density at radius 2 is 1.81 bits per heavy atom. The number of halogens is 2. The molecule has 2 heterocycles. The summed E-state index contributed by atoms with van der Waals surface area (Å²) in [7, 11) is 0. The third-order valence-electron chi connectivity index (χ3n) is 7.74. The van der Waals surface area contributed by atoms with Gasteiger partial charge in [-0.15, -0.1) is 0 Å². The molecule has 4 fully saturated rings. The van der Waals surface area contributed by atoms with Crippen LogP contribution in [0.15, 0.2) is 29.1 Å². The lowest BCUT2D eigenvalue weighted by molar-refractivity contribution is -0.0207. The van der Waals surface area contributed by atoms with Crippen molar-refractivity contribution in [1.82, 2.24) is 19.9 Å². The predicted molar refractivity (Wildman–Crippen MR) is 124 cm³/mol. The van der Waals surface area contributed by atoms with Crippen molar-refractivity contribution in [2.75, 3.05) is 0 Å². The molecule has 7 rings (SSSR count). The lowest BCUT2D eigenvalue weighted by atomic mass is 9.53. The van der Waals surface area contributed by atoms with Crippen LogP contribution in [0.25, 0.3) is 16.8 Å². The molecule has 4 aliphatic rings. The van der Waals surface area contributed by atoms with Crippen LogP contribution in [0.1, 0.15) is 49.9 Å². The molecule has 4 saturated carbocycles. The van der Waals surface area contributed by atoms with Gasteiger partial charge in [0.25, 0.3) is 5.56 Å². The number of nitrogens with one attached hydrogen (secondary N) is 2. The zero-order valence-electron chi connectivity index (χ0n) is 17.5. The van der Waals surface area contributed by atoms with E-state index in [9.17, 15) is 4.79 Å². The van der Waals surface area contributed by atoms with Crippen molar-refractivity contribution in [3.05, 3.63) is 56.1 Å². The van der Waals surface area contributed by atoms with Gasteiger partial charge in [-0.1, -0.05) is 29.3 Å². The minimum absolute atomic E-state index is 0.129. The largest absolute Gasteiger partial charge is 0.342 e. The third-order valence-corrected chi connectivity index (χ3v) is 8.29. The molecule has 31 heavy (non-hydrogen) atoms. The van der Waals surface area contributed by atoms with Crippen LogP contribution in [0.2, 0.25) is 10.0 Å². The van der Waals surface area contributed by atoms with E-state index >= 15 is 0 Å². The van der Waals surface area contributed by atoms with Crippen LogP contribution in [-0.4, -0.2) is 20.1 Å². The minimum Gasteiger partial charge on any atom is -0.342 e. The number of hydrogen-bond acceptors (Lipinski definition) is 3. The summed E-state index contributed by atoms with van der Waals surface area (Å²) in [5, 5.41) is 9.47. The lowest BCUT2D eigenvalue weighted by Gasteiger charge is -2.57. The minimum atomic E-state index is -0.129. The molecule has 0 amide bonds. The van der Waals surface area contributed by atoms with E-state index in [1.807, 2.05) is 19.1 Å². The maximum atomic E-state index is 12.9. The first-order valence-electron chi connectivity index (χ1n) is 11.2. The van der Waals surface area contributed by atoms with E-state index in [0.717, 1.165) is 40.3 Å². The highest BCUT2D eigenvalue weighted by Crippen LogP contribution is 2.55. The van der Waals surface area contributed by atoms with Crippen LogP contribution in [-0.2, 0) is 6.54 Å². The fraction of sp³-hybridized carbons (Fsp3) is 0.500. The van der Waals surface area contributed by atoms with Crippen molar-refractivity contribution in [2.24, 2.45) is 17.8 Å². The predicted octanol–water partition coefficient (Wildman–Crippen LogP) is 5.36. The Morgan fingerprint density at radius 1 is 1.13 bits per heavy atom. The summed E-state index contributed by atoms with van der Waals surface area (Å²) in [6, 6.07) is 7.08. The number of hydrogen-bond donors (Lipinski definition) is 2. The SMILES string of the molecule is Cc1nn2c(=O)cc(CNC34CC5CC(CC(C5)C3)C4)[nH]c2c1-c1ccc(Cl)cc1Cl. The van der Waals surface area contributed by atoms with Crippen molar-refractivity contribution >= 4 is 28.8 Å². The van der Waals surface area contributed by atoms with Gasteiger partial charge in [-0.2, -0.15) is 9.61 Å². The second-order valence-electron chi connectivity index (χ2n) is 10.0. The van der Waals surface area contributed by atoms with Crippen molar-refractivity contribution in [1.29, 1.82) is 0 Å². The van der Waals surface area contributed by atoms with Gasteiger partial charge in [0.1, 0.15) is 5.65 Å². The Bertz CT molecular complexity index is 1210. The summed E-state index contributed by atoms with van der Waals surface area (Å²) in [6.07, 6.45) is 8.10. The maximum Gasteiger partial charge on any atom is 0.274 e. The summed E-state index contributed by atoms with van der Waals surface area (Å²) < 4.78 is 1.43. The Balaban J connectivity index is 1.35. The van der Waals surface area contributed by atoms with Crippen LogP contribution >= 0.6 is 23.2 Å². The first-order valence-corrected chi connectivity index (χ1v) is 12.0. The van der Waals surface area contributed by atoms with E-state index in [0.29, 0.717) is 22.2 Å². The van der Waals surface area contributed by atoms with Crippen LogP contribution in [0, 0.1) is 24.7 Å². The average Bonchev–Trinajstić information content (AvgIpc) is 3.02. The summed E-state index contributed by atoms with van der Waals surface area (Å²) in [5.74, 6) is 2.66. The highest BCUT2D eigenvalue weighted by Gasteiger charge is 2.50. The quantitative estimate of drug-likeness (QED) is 0.554. The van der Waals surface area contributed by atoms with Gasteiger partial charge in [-0.25, -0.2) is 0 Å². The highest BCUT2D eigenvalue weighted by molar-refractivity contribution is 6.36. The molecule has 0 atom stereocenters. The molecular weight excluding hydrogens is 431 g/mol. The average molecular weight is 457 g/mol. The topological polar surface area (TPSA) is 62.2 Å². The van der Waals surface area contributed by atoms with Gasteiger partial charge in [0.15, 0.2) is 0 Å². The van der Waals surface area contributed by atoms with Crippen LogP contribution in [0.4, 0.5) is 0 Å². The van der Waals surface area contributed by atoms with Gasteiger partial charge in [0, 0.05) is 40.0 Å². The molecule has 4 bridgehead atoms. The number of aromatic amines is 1. The van der Waals surface area contributed by atoms with E-state index < -0.39 is 0 Å². The Hall–Kier alpha value is -1.82. The van der Waals surface area contributed by atoms with Crippen LogP contribution < -0.4 is 10.9 Å². The number of aryl methyl sites for hydroxylation is 1. The first kappa shape index (κ1) is 19.8. The molecule has 162 valence electrons. The normalized spacial score (nSPS) is 29.2. The second kappa shape index (κ2) is 7.09. The smallest absolute Gasteiger partial charge is 0.274 e. The van der Waals surface area contributed by atoms with Gasteiger partial charge in [0.2, 0.25) is 0 Å². The Kier molecular flexibility index (Phi) is 4.54. The number of benzene rings is 1. The van der Waals surface area contributed by atoms with E-state index in [4.69, 9.17) is 23.2 Å². The van der Waals surface area contributed by atoms with E-state index in [1.54, 1.807) is 12.1 Å². The molecule has 1 aromatic carbocycles. The molecule has 0 saturated heterocycles. The van der Waals surface area contributed by atoms with Crippen molar-refractivity contribution in [3.8, 4) is 11.1 Å². The molecule has 0 radical (unpaired) electrons. The standard InChI is InChI=1S/C24H26Cl2N4O/c1-13-22(19-3-2-17(25)7-20(19)26)23-28-18(8-21(31)30(23)29-13)12-27-24-9-14-4-15(10-24)6-16(5-14)11-24/h2-3,7-8,14-16,27-28H,4-6,9-12H2,1H3. The molecule has 5 nitrogen and oxygen atoms in total. The van der Waals surface area contributed by atoms with Gasteiger partial charge in [0.05, 0.1) is 10.7 Å². The van der Waals surface area contributed by atoms with Crippen molar-refractivity contribution in [3.63, 3.8) is 0 Å². The van der Waals surface area contributed by atoms with Crippen LogP contribution in [0.3, 0.4) is 0 Å². The maximum absolute atomic E-state index is 12.9. The lowest BCUT2D eigenvalue weighted by Crippen LogP contribution is -2.58. The van der Waals surface area contributed by atoms with E-state index in [-0.39, 0.29) is 11.1 Å². The number of nitrogens with zero attached hydrogens (tertiary/aromatic N) is 2. The third kappa shape index (κ3) is 3.33. The van der Waals surface area contributed by atoms with Crippen molar-refractivity contribution in [2.45, 2.75) is 57.5 Å². The monoisotopic (exact) mass is 456 g/mol. The molecular formula is C24H26Cl2N4O. The van der Waals surface area contributed by atoms with Gasteiger partial charge in [-0.05, 0) is 75.3 Å². The number of H-pyrrole nitrogens is 1. The first-order chi connectivity index (χ1) is 14.9. The Morgan fingerprint density at radius 3 is 2.45 bits per heavy atom. The zero-order chi connectivity index (χ0) is 21.3. The molecule has 0 unspecified atom stereocenters. The molecule has 0 spiro atoms. The summed E-state index contributed by atoms with van der Waals surface area (Å²) in [4.78, 5) is 16.3. The fourth-order valence-electron chi connectivity index (χ4n) is 6.92. The highest BCUT2D eigenvalue weighted by atomic mass is 35.5. The number of rotatable bonds is 4. The van der Waals surface area contributed by atoms with Crippen LogP contribution in [0.5, 0.6) is 0 Å². The second-order valence-corrected chi connectivity index (χ2v) is 10.9. The van der Waals surface area contributed by atoms with Gasteiger partial charge >= 0.3 is 0 Å². The number of fused-ring (bicyclic) bond motifs is 1. The van der Waals surface area contributed by atoms with E-state index in [2.05, 4.69) is 15.4 Å². The summed E-state index contributed by atoms with van der Waals surface area (Å²) >= 11 is 12.6. The summed E-state index contributed by atoms with van der Waals surface area (Å²) in [5.41, 5.74) is 4.10. The van der Waals surface area contributed by atoms with Crippen molar-refractivity contribution < 1.29 is 0 Å². The Labute approximate surface area is 191 Å². The number of aromatic nitrogens is 3. The van der Waals surface area contributed by atoms with Gasteiger partial charge in [-0.3, -0.25) is 4.79 Å². The molecule has 7 heteroatoms. The molecule has 0 aliphatic heterocycles.